The number of hydrogen-bond acceptors (Lipinski definition) is 1. The summed E-state index contributed by atoms with van der Waals surface area (Å²) < 4.78 is 0. The Hall–Kier alpha value is -1.80. The van der Waals surface area contributed by atoms with Gasteiger partial charge in [0.1, 0.15) is 5.82 Å². The summed E-state index contributed by atoms with van der Waals surface area (Å²) in [5, 5.41) is 2.59. The van der Waals surface area contributed by atoms with Crippen LogP contribution in [0.2, 0.25) is 0 Å². The number of hydrogen-bond donors (Lipinski definition) is 1. The maximum atomic E-state index is 4.26. The van der Waals surface area contributed by atoms with Crippen LogP contribution in [0.15, 0.2) is 54.9 Å². The first kappa shape index (κ1) is 11.7. The lowest BCUT2D eigenvalue weighted by atomic mass is 10.0. The Morgan fingerprint density at radius 3 is 2.65 bits per heavy atom. The molecule has 0 aliphatic heterocycles. The van der Waals surface area contributed by atoms with E-state index in [0.717, 1.165) is 12.2 Å². The molecular weight excluding hydrogens is 232 g/mol. The average Bonchev–Trinajstić information content (AvgIpc) is 2.82. The van der Waals surface area contributed by atoms with Gasteiger partial charge in [0.15, 0.2) is 0 Å². The monoisotopic (exact) mass is 244 g/mol. The number of aromatic nitrogens is 2. The van der Waals surface area contributed by atoms with Gasteiger partial charge in [0.2, 0.25) is 0 Å². The van der Waals surface area contributed by atoms with Crippen molar-refractivity contribution in [1.82, 2.24) is 9.97 Å². The third kappa shape index (κ3) is 2.32. The largest absolute Gasteiger partial charge is 0.348 e. The second-order valence-corrected chi connectivity index (χ2v) is 3.85. The van der Waals surface area contributed by atoms with Crippen molar-refractivity contribution < 1.29 is 0 Å². The zero-order chi connectivity index (χ0) is 10.8. The van der Waals surface area contributed by atoms with Gasteiger partial charge in [-0.2, -0.15) is 0 Å². The predicted molar refractivity (Wildman–Crippen MR) is 72.6 cm³/mol. The van der Waals surface area contributed by atoms with E-state index >= 15 is 0 Å². The molecule has 86 valence electrons. The number of rotatable bonds is 2. The van der Waals surface area contributed by atoms with Gasteiger partial charge in [-0.05, 0) is 16.3 Å². The SMILES string of the molecule is Cl.c1ccc2c(Cc3ncc[nH]3)cccc2c1. The summed E-state index contributed by atoms with van der Waals surface area (Å²) in [6.45, 7) is 0. The first-order valence-corrected chi connectivity index (χ1v) is 5.38. The van der Waals surface area contributed by atoms with E-state index < -0.39 is 0 Å². The maximum absolute atomic E-state index is 4.26. The summed E-state index contributed by atoms with van der Waals surface area (Å²) in [6.07, 6.45) is 4.51. The van der Waals surface area contributed by atoms with Crippen LogP contribution in [0.25, 0.3) is 10.8 Å². The molecule has 0 saturated carbocycles. The highest BCUT2D eigenvalue weighted by molar-refractivity contribution is 5.86. The van der Waals surface area contributed by atoms with Gasteiger partial charge in [-0.25, -0.2) is 4.98 Å². The van der Waals surface area contributed by atoms with Crippen molar-refractivity contribution in [2.24, 2.45) is 0 Å². The number of fused-ring (bicyclic) bond motifs is 1. The zero-order valence-electron chi connectivity index (χ0n) is 9.26. The van der Waals surface area contributed by atoms with Gasteiger partial charge >= 0.3 is 0 Å². The summed E-state index contributed by atoms with van der Waals surface area (Å²) in [5.74, 6) is 1.01. The second kappa shape index (κ2) is 5.02. The van der Waals surface area contributed by atoms with E-state index in [1.807, 2.05) is 6.20 Å². The number of imidazole rings is 1. The molecule has 0 bridgehead atoms. The van der Waals surface area contributed by atoms with Crippen LogP contribution in [-0.4, -0.2) is 9.97 Å². The van der Waals surface area contributed by atoms with Crippen molar-refractivity contribution >= 4 is 23.2 Å². The van der Waals surface area contributed by atoms with Crippen molar-refractivity contribution in [1.29, 1.82) is 0 Å². The Morgan fingerprint density at radius 1 is 1.00 bits per heavy atom. The van der Waals surface area contributed by atoms with Crippen LogP contribution in [-0.2, 0) is 6.42 Å². The molecule has 0 radical (unpaired) electrons. The van der Waals surface area contributed by atoms with Gasteiger partial charge in [0.25, 0.3) is 0 Å². The quantitative estimate of drug-likeness (QED) is 0.734. The minimum atomic E-state index is 0. The molecule has 1 heterocycles. The van der Waals surface area contributed by atoms with Crippen molar-refractivity contribution in [3.8, 4) is 0 Å². The molecule has 1 aromatic heterocycles. The van der Waals surface area contributed by atoms with E-state index in [9.17, 15) is 0 Å². The summed E-state index contributed by atoms with van der Waals surface area (Å²) >= 11 is 0. The van der Waals surface area contributed by atoms with E-state index in [2.05, 4.69) is 52.4 Å². The minimum Gasteiger partial charge on any atom is -0.348 e. The van der Waals surface area contributed by atoms with Gasteiger partial charge in [0.05, 0.1) is 0 Å². The van der Waals surface area contributed by atoms with Crippen LogP contribution in [0.3, 0.4) is 0 Å². The number of benzene rings is 2. The summed E-state index contributed by atoms with van der Waals surface area (Å²) in [6, 6.07) is 14.8. The average molecular weight is 245 g/mol. The van der Waals surface area contributed by atoms with Crippen molar-refractivity contribution in [3.05, 3.63) is 66.2 Å². The van der Waals surface area contributed by atoms with E-state index in [1.165, 1.54) is 16.3 Å². The Balaban J connectivity index is 0.00000108. The van der Waals surface area contributed by atoms with Gasteiger partial charge in [-0.15, -0.1) is 12.4 Å². The highest BCUT2D eigenvalue weighted by Crippen LogP contribution is 2.20. The van der Waals surface area contributed by atoms with E-state index in [-0.39, 0.29) is 12.4 Å². The van der Waals surface area contributed by atoms with Crippen LogP contribution in [0.5, 0.6) is 0 Å². The molecule has 0 atom stereocenters. The van der Waals surface area contributed by atoms with Crippen molar-refractivity contribution in [2.45, 2.75) is 6.42 Å². The number of nitrogens with one attached hydrogen (secondary N) is 1. The van der Waals surface area contributed by atoms with Crippen LogP contribution < -0.4 is 0 Å². The third-order valence-corrected chi connectivity index (χ3v) is 2.79. The standard InChI is InChI=1S/C14H12N2.ClH/c1-2-7-13-11(4-1)5-3-6-12(13)10-14-15-8-9-16-14;/h1-9H,10H2,(H,15,16);1H. The molecule has 0 aliphatic rings. The molecule has 2 aromatic carbocycles. The molecule has 3 rings (SSSR count). The van der Waals surface area contributed by atoms with Crippen molar-refractivity contribution in [3.63, 3.8) is 0 Å². The molecule has 1 N–H and O–H groups in total. The molecular formula is C14H13ClN2. The molecule has 2 nitrogen and oxygen atoms in total. The fourth-order valence-corrected chi connectivity index (χ4v) is 2.02. The number of nitrogens with zero attached hydrogens (tertiary/aromatic N) is 1. The predicted octanol–water partition coefficient (Wildman–Crippen LogP) is 3.58. The minimum absolute atomic E-state index is 0. The summed E-state index contributed by atoms with van der Waals surface area (Å²) in [5.41, 5.74) is 1.31. The van der Waals surface area contributed by atoms with E-state index in [1.54, 1.807) is 6.20 Å². The topological polar surface area (TPSA) is 28.7 Å². The van der Waals surface area contributed by atoms with Gasteiger partial charge in [0, 0.05) is 18.8 Å². The van der Waals surface area contributed by atoms with Crippen LogP contribution in [0.1, 0.15) is 11.4 Å². The van der Waals surface area contributed by atoms with Crippen LogP contribution >= 0.6 is 12.4 Å². The molecule has 0 spiro atoms. The fourth-order valence-electron chi connectivity index (χ4n) is 2.02. The Bertz CT molecular complexity index is 597. The molecule has 3 aromatic rings. The van der Waals surface area contributed by atoms with Crippen LogP contribution in [0.4, 0.5) is 0 Å². The normalized spacial score (nSPS) is 10.1. The number of aromatic amines is 1. The molecule has 0 amide bonds. The fraction of sp³-hybridized carbons (Fsp3) is 0.0714. The van der Waals surface area contributed by atoms with E-state index in [4.69, 9.17) is 0 Å². The molecule has 3 heteroatoms. The third-order valence-electron chi connectivity index (χ3n) is 2.79. The van der Waals surface area contributed by atoms with Gasteiger partial charge in [-0.1, -0.05) is 42.5 Å². The first-order valence-electron chi connectivity index (χ1n) is 5.38. The molecule has 17 heavy (non-hydrogen) atoms. The molecule has 0 aliphatic carbocycles. The van der Waals surface area contributed by atoms with Crippen LogP contribution in [0, 0.1) is 0 Å². The molecule has 0 unspecified atom stereocenters. The van der Waals surface area contributed by atoms with Gasteiger partial charge < -0.3 is 4.98 Å². The smallest absolute Gasteiger partial charge is 0.110 e. The first-order chi connectivity index (χ1) is 7.93. The second-order valence-electron chi connectivity index (χ2n) is 3.85. The summed E-state index contributed by atoms with van der Waals surface area (Å²) in [4.78, 5) is 7.40. The van der Waals surface area contributed by atoms with Crippen molar-refractivity contribution in [2.75, 3.05) is 0 Å². The Kier molecular flexibility index (Phi) is 3.45. The number of halogens is 1. The Morgan fingerprint density at radius 2 is 1.82 bits per heavy atom. The zero-order valence-corrected chi connectivity index (χ0v) is 10.1. The highest BCUT2D eigenvalue weighted by atomic mass is 35.5. The molecule has 0 fully saturated rings. The number of H-pyrrole nitrogens is 1. The summed E-state index contributed by atoms with van der Waals surface area (Å²) in [7, 11) is 0. The lowest BCUT2D eigenvalue weighted by Crippen LogP contribution is -1.91. The highest BCUT2D eigenvalue weighted by Gasteiger charge is 2.02. The molecule has 0 saturated heterocycles. The van der Waals surface area contributed by atoms with Gasteiger partial charge in [-0.3, -0.25) is 0 Å². The van der Waals surface area contributed by atoms with E-state index in [0.29, 0.717) is 0 Å². The lowest BCUT2D eigenvalue weighted by molar-refractivity contribution is 1.03. The lowest BCUT2D eigenvalue weighted by Gasteiger charge is -2.04. The maximum Gasteiger partial charge on any atom is 0.110 e. The Labute approximate surface area is 106 Å².